The third-order valence-electron chi connectivity index (χ3n) is 2.76. The summed E-state index contributed by atoms with van der Waals surface area (Å²) in [5, 5.41) is 15.8. The zero-order chi connectivity index (χ0) is 12.3. The van der Waals surface area contributed by atoms with E-state index in [4.69, 9.17) is 16.7 Å². The number of halogens is 1. The van der Waals surface area contributed by atoms with Crippen molar-refractivity contribution in [3.05, 3.63) is 23.0 Å². The van der Waals surface area contributed by atoms with Crippen LogP contribution >= 0.6 is 11.6 Å². The van der Waals surface area contributed by atoms with E-state index < -0.39 is 5.97 Å². The van der Waals surface area contributed by atoms with Crippen molar-refractivity contribution in [2.24, 2.45) is 0 Å². The number of piperidine rings is 1. The van der Waals surface area contributed by atoms with Gasteiger partial charge in [-0.15, -0.1) is 0 Å². The van der Waals surface area contributed by atoms with Crippen molar-refractivity contribution in [3.8, 4) is 0 Å². The zero-order valence-electron chi connectivity index (χ0n) is 9.24. The van der Waals surface area contributed by atoms with Crippen molar-refractivity contribution in [1.82, 2.24) is 10.3 Å². The Morgan fingerprint density at radius 1 is 1.65 bits per heavy atom. The van der Waals surface area contributed by atoms with E-state index >= 15 is 0 Å². The van der Waals surface area contributed by atoms with Crippen molar-refractivity contribution in [2.75, 3.05) is 18.4 Å². The fourth-order valence-electron chi connectivity index (χ4n) is 1.91. The van der Waals surface area contributed by atoms with Gasteiger partial charge in [0.1, 0.15) is 10.7 Å². The molecule has 1 aromatic rings. The average molecular weight is 256 g/mol. The van der Waals surface area contributed by atoms with Crippen LogP contribution in [0.4, 0.5) is 5.69 Å². The van der Waals surface area contributed by atoms with Crippen LogP contribution in [0.25, 0.3) is 0 Å². The van der Waals surface area contributed by atoms with Crippen molar-refractivity contribution in [3.63, 3.8) is 0 Å². The molecule has 0 amide bonds. The molecule has 1 aromatic heterocycles. The normalized spacial score (nSPS) is 19.9. The van der Waals surface area contributed by atoms with Crippen LogP contribution in [0.1, 0.15) is 23.2 Å². The fourth-order valence-corrected chi connectivity index (χ4v) is 2.07. The molecule has 0 saturated carbocycles. The van der Waals surface area contributed by atoms with Crippen LogP contribution < -0.4 is 10.6 Å². The monoisotopic (exact) mass is 255 g/mol. The van der Waals surface area contributed by atoms with Crippen LogP contribution in [-0.4, -0.2) is 35.2 Å². The van der Waals surface area contributed by atoms with E-state index in [1.165, 1.54) is 6.20 Å². The quantitative estimate of drug-likeness (QED) is 0.716. The van der Waals surface area contributed by atoms with Gasteiger partial charge in [-0.05, 0) is 25.5 Å². The highest BCUT2D eigenvalue weighted by molar-refractivity contribution is 6.29. The predicted molar refractivity (Wildman–Crippen MR) is 65.7 cm³/mol. The SMILES string of the molecule is O=C(O)c1cnc(Cl)cc1NC1CCCNC1. The molecule has 1 fully saturated rings. The second kappa shape index (κ2) is 5.33. The molecule has 3 N–H and O–H groups in total. The summed E-state index contributed by atoms with van der Waals surface area (Å²) < 4.78 is 0. The molecule has 5 nitrogen and oxygen atoms in total. The number of aromatic carboxylic acids is 1. The van der Waals surface area contributed by atoms with Gasteiger partial charge in [0.15, 0.2) is 0 Å². The Hall–Kier alpha value is -1.33. The molecule has 0 aliphatic carbocycles. The lowest BCUT2D eigenvalue weighted by molar-refractivity contribution is 0.0697. The minimum atomic E-state index is -1.000. The van der Waals surface area contributed by atoms with Gasteiger partial charge in [0.2, 0.25) is 0 Å². The van der Waals surface area contributed by atoms with Crippen LogP contribution in [0.2, 0.25) is 5.15 Å². The highest BCUT2D eigenvalue weighted by Crippen LogP contribution is 2.21. The van der Waals surface area contributed by atoms with Crippen LogP contribution in [0.5, 0.6) is 0 Å². The molecule has 1 aliphatic rings. The first-order chi connectivity index (χ1) is 8.16. The molecule has 0 spiro atoms. The van der Waals surface area contributed by atoms with Crippen molar-refractivity contribution >= 4 is 23.3 Å². The van der Waals surface area contributed by atoms with E-state index in [0.29, 0.717) is 10.8 Å². The number of carboxylic acid groups (broad SMARTS) is 1. The Morgan fingerprint density at radius 2 is 2.47 bits per heavy atom. The molecule has 2 heterocycles. The fraction of sp³-hybridized carbons (Fsp3) is 0.455. The molecule has 92 valence electrons. The Labute approximate surface area is 104 Å². The number of hydrogen-bond donors (Lipinski definition) is 3. The first kappa shape index (κ1) is 12.1. The van der Waals surface area contributed by atoms with Crippen LogP contribution in [0.15, 0.2) is 12.3 Å². The molecule has 1 aliphatic heterocycles. The molecule has 0 aromatic carbocycles. The van der Waals surface area contributed by atoms with E-state index in [-0.39, 0.29) is 11.6 Å². The smallest absolute Gasteiger partial charge is 0.339 e. The third kappa shape index (κ3) is 3.08. The van der Waals surface area contributed by atoms with Crippen LogP contribution in [0, 0.1) is 0 Å². The number of aromatic nitrogens is 1. The largest absolute Gasteiger partial charge is 0.478 e. The number of anilines is 1. The summed E-state index contributed by atoms with van der Waals surface area (Å²) in [6, 6.07) is 1.79. The Balaban J connectivity index is 2.17. The third-order valence-corrected chi connectivity index (χ3v) is 2.96. The van der Waals surface area contributed by atoms with E-state index in [9.17, 15) is 4.79 Å². The molecule has 2 rings (SSSR count). The maximum atomic E-state index is 11.0. The first-order valence-corrected chi connectivity index (χ1v) is 5.90. The Bertz CT molecular complexity index is 419. The van der Waals surface area contributed by atoms with Crippen LogP contribution in [-0.2, 0) is 0 Å². The average Bonchev–Trinajstić information content (AvgIpc) is 2.30. The number of carboxylic acids is 1. The van der Waals surface area contributed by atoms with Gasteiger partial charge < -0.3 is 15.7 Å². The molecule has 1 saturated heterocycles. The highest BCUT2D eigenvalue weighted by Gasteiger charge is 2.17. The lowest BCUT2D eigenvalue weighted by atomic mass is 10.1. The topological polar surface area (TPSA) is 74.2 Å². The number of carbonyl (C=O) groups is 1. The van der Waals surface area contributed by atoms with Gasteiger partial charge in [0.25, 0.3) is 0 Å². The number of rotatable bonds is 3. The van der Waals surface area contributed by atoms with Crippen molar-refractivity contribution in [1.29, 1.82) is 0 Å². The number of nitrogens with zero attached hydrogens (tertiary/aromatic N) is 1. The van der Waals surface area contributed by atoms with Crippen molar-refractivity contribution < 1.29 is 9.90 Å². The summed E-state index contributed by atoms with van der Waals surface area (Å²) in [7, 11) is 0. The molecular formula is C11H14ClN3O2. The molecule has 6 heteroatoms. The molecule has 1 unspecified atom stereocenters. The molecule has 0 radical (unpaired) electrons. The lowest BCUT2D eigenvalue weighted by Gasteiger charge is -2.25. The van der Waals surface area contributed by atoms with Crippen molar-refractivity contribution in [2.45, 2.75) is 18.9 Å². The summed E-state index contributed by atoms with van der Waals surface area (Å²) in [6.07, 6.45) is 3.38. The second-order valence-corrected chi connectivity index (χ2v) is 4.43. The number of pyridine rings is 1. The first-order valence-electron chi connectivity index (χ1n) is 5.53. The standard InChI is InChI=1S/C11H14ClN3O2/c12-10-4-9(8(6-14-10)11(16)17)15-7-2-1-3-13-5-7/h4,6-7,13H,1-3,5H2,(H,14,15)(H,16,17). The zero-order valence-corrected chi connectivity index (χ0v) is 10.00. The summed E-state index contributed by atoms with van der Waals surface area (Å²) in [4.78, 5) is 14.8. The minimum absolute atomic E-state index is 0.153. The van der Waals surface area contributed by atoms with Gasteiger partial charge in [0, 0.05) is 18.8 Å². The van der Waals surface area contributed by atoms with Crippen LogP contribution in [0.3, 0.4) is 0 Å². The van der Waals surface area contributed by atoms with Gasteiger partial charge in [-0.2, -0.15) is 0 Å². The molecular weight excluding hydrogens is 242 g/mol. The second-order valence-electron chi connectivity index (χ2n) is 4.05. The van der Waals surface area contributed by atoms with Gasteiger partial charge in [-0.3, -0.25) is 0 Å². The summed E-state index contributed by atoms with van der Waals surface area (Å²) in [6.45, 7) is 1.85. The van der Waals surface area contributed by atoms with E-state index in [0.717, 1.165) is 25.9 Å². The summed E-state index contributed by atoms with van der Waals surface area (Å²) in [5.74, 6) is -1.000. The van der Waals surface area contributed by atoms with E-state index in [2.05, 4.69) is 15.6 Å². The molecule has 1 atom stereocenters. The minimum Gasteiger partial charge on any atom is -0.478 e. The lowest BCUT2D eigenvalue weighted by Crippen LogP contribution is -2.38. The Kier molecular flexibility index (Phi) is 3.81. The summed E-state index contributed by atoms with van der Waals surface area (Å²) >= 11 is 5.78. The predicted octanol–water partition coefficient (Wildman–Crippen LogP) is 1.60. The van der Waals surface area contributed by atoms with E-state index in [1.807, 2.05) is 0 Å². The van der Waals surface area contributed by atoms with Gasteiger partial charge in [-0.25, -0.2) is 9.78 Å². The van der Waals surface area contributed by atoms with Gasteiger partial charge in [-0.1, -0.05) is 11.6 Å². The van der Waals surface area contributed by atoms with Gasteiger partial charge in [0.05, 0.1) is 5.69 Å². The summed E-state index contributed by atoms with van der Waals surface area (Å²) in [5.41, 5.74) is 0.686. The maximum absolute atomic E-state index is 11.0. The maximum Gasteiger partial charge on any atom is 0.339 e. The molecule has 17 heavy (non-hydrogen) atoms. The highest BCUT2D eigenvalue weighted by atomic mass is 35.5. The van der Waals surface area contributed by atoms with E-state index in [1.54, 1.807) is 6.07 Å². The van der Waals surface area contributed by atoms with Gasteiger partial charge >= 0.3 is 5.97 Å². The molecule has 0 bridgehead atoms. The Morgan fingerprint density at radius 3 is 3.12 bits per heavy atom. The number of hydrogen-bond acceptors (Lipinski definition) is 4. The number of nitrogens with one attached hydrogen (secondary N) is 2.